The molecule has 0 fully saturated rings. The van der Waals surface area contributed by atoms with Gasteiger partial charge < -0.3 is 20.2 Å². The first-order chi connectivity index (χ1) is 16.6. The molecule has 2 aromatic heterocycles. The van der Waals surface area contributed by atoms with E-state index in [0.717, 1.165) is 6.07 Å². The number of rotatable bonds is 9. The summed E-state index contributed by atoms with van der Waals surface area (Å²) in [6.45, 7) is 3.06. The number of halogens is 3. The number of hydrogen-bond acceptors (Lipinski definition) is 7. The van der Waals surface area contributed by atoms with Crippen molar-refractivity contribution in [3.05, 3.63) is 71.5 Å². The average Bonchev–Trinajstić information content (AvgIpc) is 3.33. The molecule has 35 heavy (non-hydrogen) atoms. The number of ether oxygens (including phenoxy) is 1. The van der Waals surface area contributed by atoms with Gasteiger partial charge in [-0.25, -0.2) is 23.1 Å². The smallest absolute Gasteiger partial charge is 0.274 e. The second-order valence-corrected chi connectivity index (χ2v) is 9.32. The van der Waals surface area contributed by atoms with Gasteiger partial charge in [0.15, 0.2) is 11.8 Å². The minimum absolute atomic E-state index is 0.00182. The molecule has 12 heteroatoms. The van der Waals surface area contributed by atoms with E-state index in [0.29, 0.717) is 29.0 Å². The molecule has 0 saturated heterocycles. The lowest BCUT2D eigenvalue weighted by Crippen LogP contribution is -2.36. The van der Waals surface area contributed by atoms with Crippen molar-refractivity contribution in [3.8, 4) is 5.75 Å². The molecule has 0 aliphatic carbocycles. The standard InChI is InChI=1S/C23H24F3N5O3S/c1-13-8-16(34-12-18-29-6-7-33-18)11-30-19(13)20(32)31-15-4-5-17(24)14(9-15)10-23(2,21(25)26)35-22(27)28-3/h4-9,11,21H,10,12H2,1-3H3,(H2,27,28)(H,31,32)/t23-/m1/s1. The molecule has 3 rings (SSSR count). The molecule has 8 nitrogen and oxygen atoms in total. The first-order valence-electron chi connectivity index (χ1n) is 10.4. The average molecular weight is 508 g/mol. The van der Waals surface area contributed by atoms with Crippen LogP contribution in [0.3, 0.4) is 0 Å². The van der Waals surface area contributed by atoms with Crippen molar-refractivity contribution in [1.29, 1.82) is 0 Å². The van der Waals surface area contributed by atoms with Crippen LogP contribution in [0.5, 0.6) is 5.75 Å². The predicted octanol–water partition coefficient (Wildman–Crippen LogP) is 4.59. The molecule has 0 radical (unpaired) electrons. The first-order valence-corrected chi connectivity index (χ1v) is 11.2. The van der Waals surface area contributed by atoms with Crippen LogP contribution in [-0.4, -0.2) is 39.3 Å². The summed E-state index contributed by atoms with van der Waals surface area (Å²) >= 11 is 0.674. The Labute approximate surface area is 204 Å². The number of nitrogens with one attached hydrogen (secondary N) is 1. The number of anilines is 1. The summed E-state index contributed by atoms with van der Waals surface area (Å²) in [5.74, 6) is -0.417. The second kappa shape index (κ2) is 11.3. The Morgan fingerprint density at radius 1 is 1.34 bits per heavy atom. The summed E-state index contributed by atoms with van der Waals surface area (Å²) in [6, 6.07) is 5.40. The van der Waals surface area contributed by atoms with Gasteiger partial charge in [0.2, 0.25) is 5.89 Å². The lowest BCUT2D eigenvalue weighted by molar-refractivity contribution is 0.102. The Kier molecular flexibility index (Phi) is 8.39. The summed E-state index contributed by atoms with van der Waals surface area (Å²) in [4.78, 5) is 24.6. The zero-order valence-electron chi connectivity index (χ0n) is 19.2. The molecule has 1 amide bonds. The number of aliphatic imine (C=N–C) groups is 1. The number of nitrogens with zero attached hydrogens (tertiary/aromatic N) is 3. The van der Waals surface area contributed by atoms with Crippen LogP contribution in [0.1, 0.15) is 34.4 Å². The number of carbonyl (C=O) groups excluding carboxylic acids is 1. The van der Waals surface area contributed by atoms with Crippen molar-refractivity contribution in [1.82, 2.24) is 9.97 Å². The SMILES string of the molecule is CN=C(N)S[C@](C)(Cc1cc(NC(=O)c2ncc(OCc3ncco3)cc2C)ccc1F)C(F)F. The minimum Gasteiger partial charge on any atom is -0.482 e. The molecule has 1 aromatic carbocycles. The molecule has 186 valence electrons. The van der Waals surface area contributed by atoms with Gasteiger partial charge in [-0.1, -0.05) is 11.8 Å². The topological polar surface area (TPSA) is 116 Å². The lowest BCUT2D eigenvalue weighted by Gasteiger charge is -2.28. The van der Waals surface area contributed by atoms with Crippen LogP contribution >= 0.6 is 11.8 Å². The second-order valence-electron chi connectivity index (χ2n) is 7.77. The Balaban J connectivity index is 1.73. The van der Waals surface area contributed by atoms with E-state index in [1.807, 2.05) is 0 Å². The van der Waals surface area contributed by atoms with Gasteiger partial charge in [0, 0.05) is 12.7 Å². The third-order valence-corrected chi connectivity index (χ3v) is 6.16. The Morgan fingerprint density at radius 3 is 2.74 bits per heavy atom. The van der Waals surface area contributed by atoms with E-state index in [-0.39, 0.29) is 35.1 Å². The van der Waals surface area contributed by atoms with Gasteiger partial charge in [0.05, 0.1) is 17.1 Å². The van der Waals surface area contributed by atoms with Crippen molar-refractivity contribution in [2.24, 2.45) is 10.7 Å². The van der Waals surface area contributed by atoms with Crippen LogP contribution in [-0.2, 0) is 13.0 Å². The fourth-order valence-corrected chi connectivity index (χ4v) is 4.02. The van der Waals surface area contributed by atoms with Gasteiger partial charge in [-0.05, 0) is 55.7 Å². The van der Waals surface area contributed by atoms with Crippen LogP contribution in [0.25, 0.3) is 0 Å². The van der Waals surface area contributed by atoms with Gasteiger partial charge in [0.1, 0.15) is 23.5 Å². The largest absolute Gasteiger partial charge is 0.482 e. The van der Waals surface area contributed by atoms with E-state index in [2.05, 4.69) is 20.3 Å². The summed E-state index contributed by atoms with van der Waals surface area (Å²) in [5.41, 5.74) is 6.51. The highest BCUT2D eigenvalue weighted by molar-refractivity contribution is 8.15. The number of alkyl halides is 2. The van der Waals surface area contributed by atoms with Crippen molar-refractivity contribution in [3.63, 3.8) is 0 Å². The van der Waals surface area contributed by atoms with E-state index >= 15 is 0 Å². The van der Waals surface area contributed by atoms with Crippen LogP contribution in [0.4, 0.5) is 18.9 Å². The summed E-state index contributed by atoms with van der Waals surface area (Å²) in [6.07, 6.45) is 1.17. The minimum atomic E-state index is -2.80. The zero-order valence-corrected chi connectivity index (χ0v) is 20.0. The number of carbonyl (C=O) groups is 1. The van der Waals surface area contributed by atoms with Crippen molar-refractivity contribution < 1.29 is 27.1 Å². The molecular formula is C23H24F3N5O3S. The number of aromatic nitrogens is 2. The molecule has 3 aromatic rings. The maximum Gasteiger partial charge on any atom is 0.274 e. The number of amidine groups is 1. The van der Waals surface area contributed by atoms with Gasteiger partial charge in [-0.2, -0.15) is 0 Å². The van der Waals surface area contributed by atoms with E-state index in [4.69, 9.17) is 14.9 Å². The molecule has 0 aliphatic rings. The molecule has 0 saturated carbocycles. The molecule has 0 spiro atoms. The number of oxazole rings is 1. The van der Waals surface area contributed by atoms with Gasteiger partial charge in [0.25, 0.3) is 12.3 Å². The van der Waals surface area contributed by atoms with Gasteiger partial charge in [-0.3, -0.25) is 9.79 Å². The van der Waals surface area contributed by atoms with E-state index in [1.165, 1.54) is 44.8 Å². The van der Waals surface area contributed by atoms with Crippen LogP contribution < -0.4 is 15.8 Å². The Hall–Kier alpha value is -3.54. The third-order valence-electron chi connectivity index (χ3n) is 4.98. The number of hydrogen-bond donors (Lipinski definition) is 2. The number of amides is 1. The summed E-state index contributed by atoms with van der Waals surface area (Å²) in [7, 11) is 1.38. The van der Waals surface area contributed by atoms with E-state index < -0.39 is 22.9 Å². The third kappa shape index (κ3) is 6.75. The zero-order chi connectivity index (χ0) is 25.6. The number of aryl methyl sites for hydroxylation is 1. The summed E-state index contributed by atoms with van der Waals surface area (Å²) < 4.78 is 51.0. The number of nitrogens with two attached hydrogens (primary N) is 1. The molecule has 3 N–H and O–H groups in total. The molecule has 2 heterocycles. The highest BCUT2D eigenvalue weighted by Crippen LogP contribution is 2.36. The lowest BCUT2D eigenvalue weighted by atomic mass is 9.99. The molecule has 1 atom stereocenters. The Morgan fingerprint density at radius 2 is 2.11 bits per heavy atom. The van der Waals surface area contributed by atoms with E-state index in [9.17, 15) is 18.0 Å². The number of thioether (sulfide) groups is 1. The van der Waals surface area contributed by atoms with Crippen LogP contribution in [0, 0.1) is 12.7 Å². The van der Waals surface area contributed by atoms with E-state index in [1.54, 1.807) is 13.0 Å². The maximum absolute atomic E-state index is 14.5. The van der Waals surface area contributed by atoms with Crippen LogP contribution in [0.2, 0.25) is 0 Å². The van der Waals surface area contributed by atoms with Crippen molar-refractivity contribution in [2.75, 3.05) is 12.4 Å². The monoisotopic (exact) mass is 507 g/mol. The summed E-state index contributed by atoms with van der Waals surface area (Å²) in [5, 5.41) is 2.60. The highest BCUT2D eigenvalue weighted by Gasteiger charge is 2.38. The van der Waals surface area contributed by atoms with Gasteiger partial charge >= 0.3 is 0 Å². The van der Waals surface area contributed by atoms with Gasteiger partial charge in [-0.15, -0.1) is 0 Å². The number of benzene rings is 1. The molecule has 0 bridgehead atoms. The number of pyridine rings is 1. The fourth-order valence-electron chi connectivity index (χ4n) is 3.13. The molecule has 0 unspecified atom stereocenters. The van der Waals surface area contributed by atoms with Crippen molar-refractivity contribution in [2.45, 2.75) is 38.0 Å². The fraction of sp³-hybridized carbons (Fsp3) is 0.304. The first kappa shape index (κ1) is 26.1. The maximum atomic E-state index is 14.5. The van der Waals surface area contributed by atoms with Crippen LogP contribution in [0.15, 0.2) is 52.3 Å². The quantitative estimate of drug-likeness (QED) is 0.321. The predicted molar refractivity (Wildman–Crippen MR) is 127 cm³/mol. The normalized spacial score (nSPS) is 13.5. The Bertz CT molecular complexity index is 1210. The highest BCUT2D eigenvalue weighted by atomic mass is 32.2. The molecular weight excluding hydrogens is 483 g/mol. The van der Waals surface area contributed by atoms with Crippen molar-refractivity contribution >= 4 is 28.5 Å². The molecule has 0 aliphatic heterocycles.